The first-order valence-electron chi connectivity index (χ1n) is 12.9. The number of nitrogens with one attached hydrogen (secondary N) is 1. The second kappa shape index (κ2) is 9.33. The molecule has 9 heteroatoms. The molecule has 0 spiro atoms. The quantitative estimate of drug-likeness (QED) is 0.617. The van der Waals surface area contributed by atoms with Gasteiger partial charge in [-0.15, -0.1) is 0 Å². The number of allylic oxidation sites excluding steroid dienone is 1. The lowest BCUT2D eigenvalue weighted by Crippen LogP contribution is -2.65. The highest BCUT2D eigenvalue weighted by atomic mass is 16.6. The number of carbonyl (C=O) groups is 3. The topological polar surface area (TPSA) is 97.4 Å². The Bertz CT molecular complexity index is 1100. The van der Waals surface area contributed by atoms with Crippen molar-refractivity contribution < 1.29 is 28.6 Å². The van der Waals surface area contributed by atoms with E-state index < -0.39 is 30.3 Å². The number of hydrazine groups is 1. The summed E-state index contributed by atoms with van der Waals surface area (Å²) in [5.74, 6) is 0.206. The van der Waals surface area contributed by atoms with E-state index in [4.69, 9.17) is 14.2 Å². The number of ether oxygens (including phenoxy) is 3. The minimum atomic E-state index is -0.615. The van der Waals surface area contributed by atoms with E-state index in [-0.39, 0.29) is 24.0 Å². The van der Waals surface area contributed by atoms with Crippen molar-refractivity contribution in [2.75, 3.05) is 7.11 Å². The van der Waals surface area contributed by atoms with Gasteiger partial charge in [0.1, 0.15) is 11.8 Å². The van der Waals surface area contributed by atoms with Gasteiger partial charge in [0.15, 0.2) is 0 Å². The molecule has 194 valence electrons. The van der Waals surface area contributed by atoms with Crippen molar-refractivity contribution in [3.05, 3.63) is 40.5 Å². The van der Waals surface area contributed by atoms with Crippen molar-refractivity contribution in [3.63, 3.8) is 0 Å². The first kappa shape index (κ1) is 24.5. The van der Waals surface area contributed by atoms with Crippen LogP contribution in [0.15, 0.2) is 29.3 Å². The van der Waals surface area contributed by atoms with E-state index in [0.29, 0.717) is 11.3 Å². The van der Waals surface area contributed by atoms with Crippen molar-refractivity contribution in [2.45, 2.75) is 96.1 Å². The van der Waals surface area contributed by atoms with E-state index in [1.165, 1.54) is 15.6 Å². The van der Waals surface area contributed by atoms with E-state index in [1.807, 2.05) is 6.07 Å². The molecule has 1 N–H and O–H groups in total. The average Bonchev–Trinajstić information content (AvgIpc) is 3.35. The van der Waals surface area contributed by atoms with Crippen molar-refractivity contribution in [3.8, 4) is 5.75 Å². The summed E-state index contributed by atoms with van der Waals surface area (Å²) in [4.78, 5) is 40.2. The zero-order valence-corrected chi connectivity index (χ0v) is 21.6. The number of rotatable bonds is 3. The maximum Gasteiger partial charge on any atom is 0.429 e. The van der Waals surface area contributed by atoms with Gasteiger partial charge in [-0.2, -0.15) is 0 Å². The zero-order chi connectivity index (χ0) is 25.7. The first-order valence-corrected chi connectivity index (χ1v) is 12.9. The zero-order valence-electron chi connectivity index (χ0n) is 21.6. The van der Waals surface area contributed by atoms with Crippen molar-refractivity contribution in [1.29, 1.82) is 0 Å². The van der Waals surface area contributed by atoms with Gasteiger partial charge in [-0.05, 0) is 82.7 Å². The second-order valence-electron chi connectivity index (χ2n) is 10.5. The molecule has 4 atom stereocenters. The van der Waals surface area contributed by atoms with Crippen LogP contribution in [-0.2, 0) is 9.47 Å². The van der Waals surface area contributed by atoms with Crippen LogP contribution in [-0.4, -0.2) is 65.6 Å². The van der Waals surface area contributed by atoms with Crippen LogP contribution in [0.5, 0.6) is 5.75 Å². The van der Waals surface area contributed by atoms with Crippen molar-refractivity contribution in [1.82, 2.24) is 15.3 Å². The molecule has 3 amide bonds. The van der Waals surface area contributed by atoms with Gasteiger partial charge in [0, 0.05) is 11.5 Å². The second-order valence-corrected chi connectivity index (χ2v) is 10.5. The highest BCUT2D eigenvalue weighted by Crippen LogP contribution is 2.55. The monoisotopic (exact) mass is 497 g/mol. The van der Waals surface area contributed by atoms with Gasteiger partial charge < -0.3 is 19.5 Å². The summed E-state index contributed by atoms with van der Waals surface area (Å²) >= 11 is 0. The third-order valence-electron chi connectivity index (χ3n) is 7.54. The van der Waals surface area contributed by atoms with Crippen LogP contribution >= 0.6 is 0 Å². The first-order chi connectivity index (χ1) is 17.2. The third kappa shape index (κ3) is 3.89. The van der Waals surface area contributed by atoms with Gasteiger partial charge in [-0.1, -0.05) is 12.0 Å². The maximum atomic E-state index is 13.6. The standard InChI is InChI=1S/C27H35N3O6/c1-14(2)35-26(32)29-23-20(16-9-7-6-8-10-16)24(30(29)27(33)36-15(3)4)22-21(23)19-13-17(34-5)11-12-18(19)25(31)28-22/h11-15,21-24H,6-10H2,1-5H3,(H,28,31)/t21-,22+,23-,24+/m0/s1. The third-order valence-corrected chi connectivity index (χ3v) is 7.54. The van der Waals surface area contributed by atoms with E-state index in [9.17, 15) is 14.4 Å². The fourth-order valence-electron chi connectivity index (χ4n) is 6.30. The summed E-state index contributed by atoms with van der Waals surface area (Å²) in [6, 6.07) is 4.03. The average molecular weight is 498 g/mol. The Balaban J connectivity index is 1.70. The van der Waals surface area contributed by atoms with Gasteiger partial charge in [-0.3, -0.25) is 4.79 Å². The van der Waals surface area contributed by atoms with E-state index >= 15 is 0 Å². The Morgan fingerprint density at radius 1 is 0.944 bits per heavy atom. The number of fused-ring (bicyclic) bond motifs is 7. The molecule has 4 aliphatic rings. The van der Waals surface area contributed by atoms with Crippen LogP contribution in [0.25, 0.3) is 0 Å². The van der Waals surface area contributed by atoms with Crippen molar-refractivity contribution >= 4 is 18.1 Å². The van der Waals surface area contributed by atoms with Crippen molar-refractivity contribution in [2.24, 2.45) is 0 Å². The Morgan fingerprint density at radius 2 is 1.56 bits per heavy atom. The summed E-state index contributed by atoms with van der Waals surface area (Å²) in [5, 5.41) is 6.02. The lowest BCUT2D eigenvalue weighted by molar-refractivity contribution is -0.0643. The number of hydrogen-bond donors (Lipinski definition) is 1. The Labute approximate surface area is 211 Å². The minimum absolute atomic E-state index is 0.192. The normalized spacial score (nSPS) is 26.7. The molecule has 0 unspecified atom stereocenters. The molecule has 1 saturated heterocycles. The molecule has 2 bridgehead atoms. The van der Waals surface area contributed by atoms with Gasteiger partial charge in [0.25, 0.3) is 5.91 Å². The summed E-state index contributed by atoms with van der Waals surface area (Å²) < 4.78 is 16.7. The van der Waals surface area contributed by atoms with Crippen LogP contribution < -0.4 is 10.1 Å². The lowest BCUT2D eigenvalue weighted by Gasteiger charge is -2.46. The number of hydrogen-bond acceptors (Lipinski definition) is 6. The molecule has 5 rings (SSSR count). The maximum absolute atomic E-state index is 13.6. The molecular weight excluding hydrogens is 462 g/mol. The van der Waals surface area contributed by atoms with E-state index in [0.717, 1.165) is 43.2 Å². The molecule has 0 radical (unpaired) electrons. The summed E-state index contributed by atoms with van der Waals surface area (Å²) in [6.45, 7) is 7.12. The highest BCUT2D eigenvalue weighted by Gasteiger charge is 2.66. The minimum Gasteiger partial charge on any atom is -0.497 e. The number of carbonyl (C=O) groups excluding carboxylic acids is 3. The van der Waals surface area contributed by atoms with Crippen LogP contribution in [0.3, 0.4) is 0 Å². The molecule has 36 heavy (non-hydrogen) atoms. The van der Waals surface area contributed by atoms with Gasteiger partial charge in [0.05, 0.1) is 31.4 Å². The lowest BCUT2D eigenvalue weighted by atomic mass is 9.82. The van der Waals surface area contributed by atoms with Crippen LogP contribution in [0.2, 0.25) is 0 Å². The summed E-state index contributed by atoms with van der Waals surface area (Å²) in [5.41, 5.74) is 3.70. The molecule has 0 aromatic heterocycles. The number of methoxy groups -OCH3 is 1. The molecule has 9 nitrogen and oxygen atoms in total. The molecule has 3 fully saturated rings. The molecule has 2 heterocycles. The molecule has 2 aliphatic carbocycles. The SMILES string of the molecule is COc1ccc2c(c1)[C@H]1[C@@H](NC2=O)[C@H]2C(=C3CCCCC3)[C@@H]1N(C(=O)OC(C)C)N2C(=O)OC(C)C. The van der Waals surface area contributed by atoms with E-state index in [2.05, 4.69) is 5.32 Å². The Morgan fingerprint density at radius 3 is 2.14 bits per heavy atom. The fourth-order valence-corrected chi connectivity index (χ4v) is 6.30. The summed E-state index contributed by atoms with van der Waals surface area (Å²) in [6.07, 6.45) is 3.19. The molecule has 1 aromatic carbocycles. The Kier molecular flexibility index (Phi) is 6.34. The number of nitrogens with zero attached hydrogens (tertiary/aromatic N) is 2. The number of amides is 3. The molecule has 2 aliphatic heterocycles. The van der Waals surface area contributed by atoms with Gasteiger partial charge in [-0.25, -0.2) is 19.6 Å². The largest absolute Gasteiger partial charge is 0.497 e. The van der Waals surface area contributed by atoms with Gasteiger partial charge >= 0.3 is 12.2 Å². The summed E-state index contributed by atoms with van der Waals surface area (Å²) in [7, 11) is 1.59. The van der Waals surface area contributed by atoms with Crippen LogP contribution in [0.1, 0.15) is 81.6 Å². The predicted molar refractivity (Wildman–Crippen MR) is 132 cm³/mol. The molecule has 2 saturated carbocycles. The number of benzene rings is 1. The molecule has 1 aromatic rings. The smallest absolute Gasteiger partial charge is 0.429 e. The fraction of sp³-hybridized carbons (Fsp3) is 0.593. The van der Waals surface area contributed by atoms with Crippen LogP contribution in [0, 0.1) is 0 Å². The Hall–Kier alpha value is -3.23. The van der Waals surface area contributed by atoms with E-state index in [1.54, 1.807) is 46.9 Å². The highest BCUT2D eigenvalue weighted by molar-refractivity contribution is 5.98. The molecular formula is C27H35N3O6. The van der Waals surface area contributed by atoms with Gasteiger partial charge in [0.2, 0.25) is 0 Å². The predicted octanol–water partition coefficient (Wildman–Crippen LogP) is 4.52. The van der Waals surface area contributed by atoms with Crippen LogP contribution in [0.4, 0.5) is 9.59 Å².